The highest BCUT2D eigenvalue weighted by Crippen LogP contribution is 2.05. The van der Waals surface area contributed by atoms with E-state index in [4.69, 9.17) is 5.11 Å². The Kier molecular flexibility index (Phi) is 6.56. The summed E-state index contributed by atoms with van der Waals surface area (Å²) in [6, 6.07) is 6.68. The molecule has 1 aromatic carbocycles. The summed E-state index contributed by atoms with van der Waals surface area (Å²) in [7, 11) is 1.77. The molecule has 20 heavy (non-hydrogen) atoms. The Balaban J connectivity index is 2.38. The molecule has 2 amide bonds. The first kappa shape index (κ1) is 16.0. The molecule has 0 aliphatic heterocycles. The van der Waals surface area contributed by atoms with E-state index in [0.717, 1.165) is 24.9 Å². The van der Waals surface area contributed by atoms with Gasteiger partial charge < -0.3 is 15.3 Å². The molecule has 0 aromatic heterocycles. The van der Waals surface area contributed by atoms with Crippen LogP contribution < -0.4 is 5.32 Å². The standard InChI is InChI=1S/C15H22N2O3/c1-3-4-10-17(2)15(20)16-9-8-12-6-5-7-13(11-12)14(18)19/h5-7,11H,3-4,8-10H2,1-2H3,(H,16,20)(H,18,19). The van der Waals surface area contributed by atoms with Crippen molar-refractivity contribution < 1.29 is 14.7 Å². The third kappa shape index (κ3) is 5.30. The molecule has 0 radical (unpaired) electrons. The third-order valence-electron chi connectivity index (χ3n) is 3.06. The number of aromatic carboxylic acids is 1. The number of carbonyl (C=O) groups excluding carboxylic acids is 1. The number of amides is 2. The van der Waals surface area contributed by atoms with Gasteiger partial charge in [-0.15, -0.1) is 0 Å². The largest absolute Gasteiger partial charge is 0.478 e. The first-order valence-electron chi connectivity index (χ1n) is 6.85. The quantitative estimate of drug-likeness (QED) is 0.804. The van der Waals surface area contributed by atoms with Crippen molar-refractivity contribution in [3.8, 4) is 0 Å². The van der Waals surface area contributed by atoms with Gasteiger partial charge in [0.1, 0.15) is 0 Å². The number of carboxylic acids is 1. The van der Waals surface area contributed by atoms with Crippen molar-refractivity contribution >= 4 is 12.0 Å². The van der Waals surface area contributed by atoms with Gasteiger partial charge in [-0.1, -0.05) is 25.5 Å². The van der Waals surface area contributed by atoms with Gasteiger partial charge in [0.15, 0.2) is 0 Å². The van der Waals surface area contributed by atoms with E-state index >= 15 is 0 Å². The molecule has 5 heteroatoms. The number of urea groups is 1. The van der Waals surface area contributed by atoms with Crippen LogP contribution in [-0.4, -0.2) is 42.1 Å². The second-order valence-electron chi connectivity index (χ2n) is 4.76. The van der Waals surface area contributed by atoms with Gasteiger partial charge in [0.25, 0.3) is 0 Å². The Hall–Kier alpha value is -2.04. The summed E-state index contributed by atoms with van der Waals surface area (Å²) in [5.74, 6) is -0.935. The summed E-state index contributed by atoms with van der Waals surface area (Å²) in [6.45, 7) is 3.33. The lowest BCUT2D eigenvalue weighted by atomic mass is 10.1. The number of carboxylic acid groups (broad SMARTS) is 1. The number of nitrogens with zero attached hydrogens (tertiary/aromatic N) is 1. The summed E-state index contributed by atoms with van der Waals surface area (Å²) in [5, 5.41) is 11.7. The molecule has 0 fully saturated rings. The number of rotatable bonds is 7. The molecule has 1 aromatic rings. The fourth-order valence-corrected chi connectivity index (χ4v) is 1.81. The monoisotopic (exact) mass is 278 g/mol. The highest BCUT2D eigenvalue weighted by Gasteiger charge is 2.07. The van der Waals surface area contributed by atoms with Crippen LogP contribution in [0.15, 0.2) is 24.3 Å². The van der Waals surface area contributed by atoms with Crippen LogP contribution in [0.25, 0.3) is 0 Å². The van der Waals surface area contributed by atoms with Crippen molar-refractivity contribution in [1.29, 1.82) is 0 Å². The van der Waals surface area contributed by atoms with E-state index in [1.54, 1.807) is 30.1 Å². The molecular weight excluding hydrogens is 256 g/mol. The number of benzene rings is 1. The summed E-state index contributed by atoms with van der Waals surface area (Å²) < 4.78 is 0. The number of nitrogens with one attached hydrogen (secondary N) is 1. The van der Waals surface area contributed by atoms with Crippen molar-refractivity contribution in [2.75, 3.05) is 20.1 Å². The van der Waals surface area contributed by atoms with E-state index in [2.05, 4.69) is 12.2 Å². The average molecular weight is 278 g/mol. The molecule has 0 atom stereocenters. The molecule has 5 nitrogen and oxygen atoms in total. The van der Waals surface area contributed by atoms with Gasteiger partial charge in [0, 0.05) is 20.1 Å². The first-order valence-corrected chi connectivity index (χ1v) is 6.85. The highest BCUT2D eigenvalue weighted by atomic mass is 16.4. The lowest BCUT2D eigenvalue weighted by Crippen LogP contribution is -2.38. The van der Waals surface area contributed by atoms with Crippen LogP contribution in [0, 0.1) is 0 Å². The van der Waals surface area contributed by atoms with Gasteiger partial charge in [0.05, 0.1) is 5.56 Å². The number of carbonyl (C=O) groups is 2. The van der Waals surface area contributed by atoms with Gasteiger partial charge in [0.2, 0.25) is 0 Å². The molecule has 0 spiro atoms. The minimum Gasteiger partial charge on any atom is -0.478 e. The topological polar surface area (TPSA) is 69.6 Å². The SMILES string of the molecule is CCCCN(C)C(=O)NCCc1cccc(C(=O)O)c1. The predicted molar refractivity (Wildman–Crippen MR) is 78.0 cm³/mol. The summed E-state index contributed by atoms with van der Waals surface area (Å²) in [4.78, 5) is 24.2. The number of hydrogen-bond acceptors (Lipinski definition) is 2. The maximum atomic E-state index is 11.7. The Morgan fingerprint density at radius 1 is 1.35 bits per heavy atom. The molecule has 2 N–H and O–H groups in total. The van der Waals surface area contributed by atoms with Crippen LogP contribution in [-0.2, 0) is 6.42 Å². The normalized spacial score (nSPS) is 10.1. The molecule has 0 aliphatic carbocycles. The van der Waals surface area contributed by atoms with E-state index in [-0.39, 0.29) is 11.6 Å². The van der Waals surface area contributed by atoms with Gasteiger partial charge in [-0.3, -0.25) is 0 Å². The fourth-order valence-electron chi connectivity index (χ4n) is 1.81. The lowest BCUT2D eigenvalue weighted by molar-refractivity contribution is 0.0696. The van der Waals surface area contributed by atoms with E-state index in [1.165, 1.54) is 0 Å². The Bertz CT molecular complexity index is 460. The molecule has 0 bridgehead atoms. The molecule has 0 unspecified atom stereocenters. The molecule has 0 saturated heterocycles. The highest BCUT2D eigenvalue weighted by molar-refractivity contribution is 5.87. The molecule has 0 aliphatic rings. The van der Waals surface area contributed by atoms with Crippen LogP contribution in [0.1, 0.15) is 35.7 Å². The predicted octanol–water partition coefficient (Wildman–Crippen LogP) is 2.37. The molecule has 1 rings (SSSR count). The van der Waals surface area contributed by atoms with Crippen molar-refractivity contribution in [2.24, 2.45) is 0 Å². The summed E-state index contributed by atoms with van der Waals surface area (Å²) in [5.41, 5.74) is 1.18. The van der Waals surface area contributed by atoms with Gasteiger partial charge in [-0.05, 0) is 30.5 Å². The zero-order chi connectivity index (χ0) is 15.0. The zero-order valence-corrected chi connectivity index (χ0v) is 12.1. The summed E-state index contributed by atoms with van der Waals surface area (Å²) in [6.07, 6.45) is 2.67. The lowest BCUT2D eigenvalue weighted by Gasteiger charge is -2.17. The minimum atomic E-state index is -0.935. The van der Waals surface area contributed by atoms with Crippen LogP contribution in [0.5, 0.6) is 0 Å². The summed E-state index contributed by atoms with van der Waals surface area (Å²) >= 11 is 0. The molecule has 110 valence electrons. The van der Waals surface area contributed by atoms with Crippen LogP contribution in [0.2, 0.25) is 0 Å². The van der Waals surface area contributed by atoms with Crippen LogP contribution in [0.3, 0.4) is 0 Å². The molecule has 0 heterocycles. The fraction of sp³-hybridized carbons (Fsp3) is 0.467. The van der Waals surface area contributed by atoms with E-state index in [1.807, 2.05) is 6.07 Å². The first-order chi connectivity index (χ1) is 9.54. The van der Waals surface area contributed by atoms with Gasteiger partial charge >= 0.3 is 12.0 Å². The van der Waals surface area contributed by atoms with Crippen molar-refractivity contribution in [1.82, 2.24) is 10.2 Å². The van der Waals surface area contributed by atoms with Gasteiger partial charge in [-0.2, -0.15) is 0 Å². The Morgan fingerprint density at radius 3 is 2.75 bits per heavy atom. The van der Waals surface area contributed by atoms with E-state index in [0.29, 0.717) is 13.0 Å². The van der Waals surface area contributed by atoms with Crippen molar-refractivity contribution in [2.45, 2.75) is 26.2 Å². The molecular formula is C15H22N2O3. The third-order valence-corrected chi connectivity index (χ3v) is 3.06. The minimum absolute atomic E-state index is 0.0900. The number of hydrogen-bond donors (Lipinski definition) is 2. The van der Waals surface area contributed by atoms with E-state index in [9.17, 15) is 9.59 Å². The maximum Gasteiger partial charge on any atom is 0.335 e. The van der Waals surface area contributed by atoms with Crippen LogP contribution in [0.4, 0.5) is 4.79 Å². The maximum absolute atomic E-state index is 11.7. The molecule has 0 saturated carbocycles. The number of unbranched alkanes of at least 4 members (excludes halogenated alkanes) is 1. The smallest absolute Gasteiger partial charge is 0.335 e. The second-order valence-corrected chi connectivity index (χ2v) is 4.76. The van der Waals surface area contributed by atoms with Crippen molar-refractivity contribution in [3.63, 3.8) is 0 Å². The van der Waals surface area contributed by atoms with Gasteiger partial charge in [-0.25, -0.2) is 9.59 Å². The Labute approximate surface area is 119 Å². The van der Waals surface area contributed by atoms with Crippen molar-refractivity contribution in [3.05, 3.63) is 35.4 Å². The average Bonchev–Trinajstić information content (AvgIpc) is 2.44. The Morgan fingerprint density at radius 2 is 2.10 bits per heavy atom. The van der Waals surface area contributed by atoms with E-state index < -0.39 is 5.97 Å². The zero-order valence-electron chi connectivity index (χ0n) is 12.1. The van der Waals surface area contributed by atoms with Crippen LogP contribution >= 0.6 is 0 Å². The second kappa shape index (κ2) is 8.19.